The summed E-state index contributed by atoms with van der Waals surface area (Å²) in [5.74, 6) is 1.55. The van der Waals surface area contributed by atoms with Gasteiger partial charge in [0.25, 0.3) is 0 Å². The third-order valence-electron chi connectivity index (χ3n) is 1.67. The number of hydrogen-bond acceptors (Lipinski definition) is 2. The predicted molar refractivity (Wildman–Crippen MR) is 53.2 cm³/mol. The summed E-state index contributed by atoms with van der Waals surface area (Å²) in [6.07, 6.45) is 0.160. The lowest BCUT2D eigenvalue weighted by Gasteiger charge is -2.13. The van der Waals surface area contributed by atoms with Crippen molar-refractivity contribution in [2.45, 2.75) is 20.0 Å². The Balaban J connectivity index is 2.94. The maximum atomic E-state index is 5.54. The minimum absolute atomic E-state index is 0.160. The van der Waals surface area contributed by atoms with Gasteiger partial charge in [0.15, 0.2) is 0 Å². The fourth-order valence-electron chi connectivity index (χ4n) is 1.10. The highest BCUT2D eigenvalue weighted by molar-refractivity contribution is 5.46. The van der Waals surface area contributed by atoms with E-state index < -0.39 is 0 Å². The summed E-state index contributed by atoms with van der Waals surface area (Å²) in [4.78, 5) is 0. The molecule has 1 rings (SSSR count). The van der Waals surface area contributed by atoms with Gasteiger partial charge >= 0.3 is 0 Å². The lowest BCUT2D eigenvalue weighted by Crippen LogP contribution is -2.06. The van der Waals surface area contributed by atoms with Crippen molar-refractivity contribution in [1.82, 2.24) is 0 Å². The number of hydrogen-bond donors (Lipinski definition) is 0. The van der Waals surface area contributed by atoms with E-state index in [1.165, 1.54) is 0 Å². The number of benzene rings is 1. The minimum atomic E-state index is 0.160. The molecule has 2 nitrogen and oxygen atoms in total. The van der Waals surface area contributed by atoms with Gasteiger partial charge in [-0.1, -0.05) is 6.07 Å². The second kappa shape index (κ2) is 4.17. The van der Waals surface area contributed by atoms with Gasteiger partial charge in [-0.25, -0.2) is 0 Å². The quantitative estimate of drug-likeness (QED) is 0.710. The van der Waals surface area contributed by atoms with Crippen molar-refractivity contribution in [3.8, 4) is 11.5 Å². The van der Waals surface area contributed by atoms with Crippen molar-refractivity contribution >= 4 is 0 Å². The van der Waals surface area contributed by atoms with E-state index in [1.807, 2.05) is 32.0 Å². The highest BCUT2D eigenvalue weighted by Gasteiger charge is 2.05. The van der Waals surface area contributed by atoms with E-state index in [9.17, 15) is 0 Å². The van der Waals surface area contributed by atoms with Crippen molar-refractivity contribution in [3.05, 3.63) is 30.7 Å². The van der Waals surface area contributed by atoms with Crippen LogP contribution in [0.3, 0.4) is 0 Å². The Morgan fingerprint density at radius 3 is 2.38 bits per heavy atom. The molecule has 0 spiro atoms. The molecule has 0 heterocycles. The lowest BCUT2D eigenvalue weighted by atomic mass is 10.2. The SMILES string of the molecule is [CH2]c1c(OC)cccc1OC(C)C. The molecule has 2 heteroatoms. The molecule has 0 aromatic heterocycles. The highest BCUT2D eigenvalue weighted by atomic mass is 16.5. The first-order chi connectivity index (χ1) is 6.15. The average Bonchev–Trinajstić information content (AvgIpc) is 2.08. The van der Waals surface area contributed by atoms with Gasteiger partial charge < -0.3 is 9.47 Å². The molecule has 0 atom stereocenters. The van der Waals surface area contributed by atoms with Crippen LogP contribution in [0.4, 0.5) is 0 Å². The molecule has 0 unspecified atom stereocenters. The van der Waals surface area contributed by atoms with Gasteiger partial charge in [-0.3, -0.25) is 0 Å². The lowest BCUT2D eigenvalue weighted by molar-refractivity contribution is 0.240. The largest absolute Gasteiger partial charge is 0.496 e. The summed E-state index contributed by atoms with van der Waals surface area (Å²) in [5.41, 5.74) is 0.804. The summed E-state index contributed by atoms with van der Waals surface area (Å²) < 4.78 is 10.7. The molecule has 0 bridgehead atoms. The first-order valence-electron chi connectivity index (χ1n) is 4.30. The summed E-state index contributed by atoms with van der Waals surface area (Å²) in [6.45, 7) is 7.86. The number of ether oxygens (including phenoxy) is 2. The van der Waals surface area contributed by atoms with E-state index in [-0.39, 0.29) is 6.10 Å². The Hall–Kier alpha value is -1.18. The molecule has 1 aromatic rings. The molecule has 0 N–H and O–H groups in total. The normalized spacial score (nSPS) is 10.2. The number of methoxy groups -OCH3 is 1. The molecule has 0 saturated heterocycles. The zero-order chi connectivity index (χ0) is 9.84. The molecule has 0 aliphatic heterocycles. The standard InChI is InChI=1S/C11H15O2/c1-8(2)13-11-7-5-6-10(12-4)9(11)3/h5-8H,3H2,1-2,4H3. The maximum Gasteiger partial charge on any atom is 0.126 e. The van der Waals surface area contributed by atoms with Crippen LogP contribution in [0.2, 0.25) is 0 Å². The van der Waals surface area contributed by atoms with Gasteiger partial charge in [-0.05, 0) is 32.9 Å². The van der Waals surface area contributed by atoms with Gasteiger partial charge in [0.2, 0.25) is 0 Å². The molecule has 1 aromatic carbocycles. The van der Waals surface area contributed by atoms with E-state index in [0.29, 0.717) is 0 Å². The zero-order valence-electron chi connectivity index (χ0n) is 8.33. The third-order valence-corrected chi connectivity index (χ3v) is 1.67. The molecule has 0 amide bonds. The van der Waals surface area contributed by atoms with Gasteiger partial charge in [0.1, 0.15) is 11.5 Å². The first kappa shape index (κ1) is 9.90. The highest BCUT2D eigenvalue weighted by Crippen LogP contribution is 2.27. The first-order valence-corrected chi connectivity index (χ1v) is 4.30. The maximum absolute atomic E-state index is 5.54. The monoisotopic (exact) mass is 179 g/mol. The van der Waals surface area contributed by atoms with Gasteiger partial charge in [-0.2, -0.15) is 0 Å². The average molecular weight is 179 g/mol. The molecular weight excluding hydrogens is 164 g/mol. The fourth-order valence-corrected chi connectivity index (χ4v) is 1.10. The Kier molecular flexibility index (Phi) is 3.18. The van der Waals surface area contributed by atoms with Gasteiger partial charge in [0, 0.05) is 5.56 Å². The van der Waals surface area contributed by atoms with E-state index >= 15 is 0 Å². The van der Waals surface area contributed by atoms with Crippen LogP contribution in [0.1, 0.15) is 19.4 Å². The molecule has 1 radical (unpaired) electrons. The molecule has 71 valence electrons. The second-order valence-electron chi connectivity index (χ2n) is 3.10. The van der Waals surface area contributed by atoms with E-state index in [0.717, 1.165) is 17.1 Å². The zero-order valence-corrected chi connectivity index (χ0v) is 8.33. The van der Waals surface area contributed by atoms with Crippen LogP contribution in [-0.4, -0.2) is 13.2 Å². The fraction of sp³-hybridized carbons (Fsp3) is 0.364. The van der Waals surface area contributed by atoms with E-state index in [4.69, 9.17) is 9.47 Å². The van der Waals surface area contributed by atoms with Crippen LogP contribution in [0.5, 0.6) is 11.5 Å². The van der Waals surface area contributed by atoms with Crippen LogP contribution < -0.4 is 9.47 Å². The predicted octanol–water partition coefficient (Wildman–Crippen LogP) is 2.66. The Morgan fingerprint density at radius 1 is 1.23 bits per heavy atom. The molecule has 0 saturated carbocycles. The van der Waals surface area contributed by atoms with E-state index in [1.54, 1.807) is 7.11 Å². The molecular formula is C11H15O2. The van der Waals surface area contributed by atoms with Crippen LogP contribution in [0.15, 0.2) is 18.2 Å². The molecule has 0 aliphatic rings. The molecule has 0 aliphatic carbocycles. The third kappa shape index (κ3) is 2.38. The smallest absolute Gasteiger partial charge is 0.126 e. The Labute approximate surface area is 79.5 Å². The molecule has 0 fully saturated rings. The van der Waals surface area contributed by atoms with Crippen LogP contribution in [-0.2, 0) is 0 Å². The van der Waals surface area contributed by atoms with Crippen molar-refractivity contribution in [2.75, 3.05) is 7.11 Å². The summed E-state index contributed by atoms with van der Waals surface area (Å²) in [5, 5.41) is 0. The summed E-state index contributed by atoms with van der Waals surface area (Å²) in [6, 6.07) is 5.66. The summed E-state index contributed by atoms with van der Waals surface area (Å²) in [7, 11) is 1.63. The van der Waals surface area contributed by atoms with Crippen LogP contribution in [0, 0.1) is 6.92 Å². The van der Waals surface area contributed by atoms with Crippen molar-refractivity contribution in [3.63, 3.8) is 0 Å². The van der Waals surface area contributed by atoms with Crippen molar-refractivity contribution < 1.29 is 9.47 Å². The van der Waals surface area contributed by atoms with Gasteiger partial charge in [-0.15, -0.1) is 0 Å². The Morgan fingerprint density at radius 2 is 1.85 bits per heavy atom. The number of rotatable bonds is 3. The van der Waals surface area contributed by atoms with Crippen molar-refractivity contribution in [1.29, 1.82) is 0 Å². The summed E-state index contributed by atoms with van der Waals surface area (Å²) >= 11 is 0. The van der Waals surface area contributed by atoms with Gasteiger partial charge in [0.05, 0.1) is 13.2 Å². The second-order valence-corrected chi connectivity index (χ2v) is 3.10. The van der Waals surface area contributed by atoms with Crippen LogP contribution in [0.25, 0.3) is 0 Å². The topological polar surface area (TPSA) is 18.5 Å². The molecule has 13 heavy (non-hydrogen) atoms. The van der Waals surface area contributed by atoms with Crippen molar-refractivity contribution in [2.24, 2.45) is 0 Å². The van der Waals surface area contributed by atoms with Crippen LogP contribution >= 0.6 is 0 Å². The van der Waals surface area contributed by atoms with E-state index in [2.05, 4.69) is 6.92 Å². The Bertz CT molecular complexity index is 279. The minimum Gasteiger partial charge on any atom is -0.496 e.